The number of amides is 1. The van der Waals surface area contributed by atoms with Crippen molar-refractivity contribution in [3.05, 3.63) is 29.3 Å². The molecule has 28 heavy (non-hydrogen) atoms. The van der Waals surface area contributed by atoms with E-state index in [4.69, 9.17) is 4.74 Å². The predicted molar refractivity (Wildman–Crippen MR) is 109 cm³/mol. The molecule has 0 saturated carbocycles. The number of methoxy groups -OCH3 is 1. The summed E-state index contributed by atoms with van der Waals surface area (Å²) in [4.78, 5) is 12.0. The van der Waals surface area contributed by atoms with Crippen LogP contribution in [0.3, 0.4) is 0 Å². The van der Waals surface area contributed by atoms with Gasteiger partial charge in [-0.3, -0.25) is 4.79 Å². The maximum Gasteiger partial charge on any atom is 0.270 e. The van der Waals surface area contributed by atoms with Crippen LogP contribution in [0.25, 0.3) is 0 Å². The van der Waals surface area contributed by atoms with Crippen LogP contribution in [0, 0.1) is 12.3 Å². The maximum absolute atomic E-state index is 12.7. The van der Waals surface area contributed by atoms with Gasteiger partial charge in [0.2, 0.25) is 15.4 Å². The van der Waals surface area contributed by atoms with E-state index >= 15 is 0 Å². The highest BCUT2D eigenvalue weighted by Crippen LogP contribution is 2.27. The van der Waals surface area contributed by atoms with Crippen LogP contribution in [-0.2, 0) is 14.8 Å². The van der Waals surface area contributed by atoms with Gasteiger partial charge >= 0.3 is 0 Å². The van der Waals surface area contributed by atoms with Gasteiger partial charge in [-0.25, -0.2) is 13.1 Å². The van der Waals surface area contributed by atoms with Crippen LogP contribution in [0.2, 0.25) is 0 Å². The van der Waals surface area contributed by atoms with E-state index in [1.807, 2.05) is 32.0 Å². The first-order chi connectivity index (χ1) is 13.0. The number of hydrogen-bond donors (Lipinski definition) is 2. The molecule has 1 aromatic carbocycles. The fourth-order valence-corrected chi connectivity index (χ4v) is 4.62. The molecule has 0 radical (unpaired) electrons. The number of carbonyl (C=O) groups is 1. The summed E-state index contributed by atoms with van der Waals surface area (Å²) in [5.74, 6) is 0.477. The summed E-state index contributed by atoms with van der Waals surface area (Å²) in [6.45, 7) is 9.06. The van der Waals surface area contributed by atoms with Crippen LogP contribution in [-0.4, -0.2) is 31.6 Å². The highest BCUT2D eigenvalue weighted by molar-refractivity contribution is 7.91. The normalized spacial score (nSPS) is 13.2. The molecule has 0 aliphatic heterocycles. The van der Waals surface area contributed by atoms with Crippen LogP contribution < -0.4 is 14.8 Å². The molecule has 0 spiro atoms. The van der Waals surface area contributed by atoms with Gasteiger partial charge in [0, 0.05) is 11.5 Å². The van der Waals surface area contributed by atoms with E-state index < -0.39 is 21.5 Å². The minimum atomic E-state index is -3.89. The molecule has 2 aromatic rings. The number of benzene rings is 1. The van der Waals surface area contributed by atoms with E-state index in [0.29, 0.717) is 6.42 Å². The first-order valence-electron chi connectivity index (χ1n) is 8.79. The van der Waals surface area contributed by atoms with Crippen LogP contribution in [0.4, 0.5) is 5.13 Å². The molecule has 2 rings (SSSR count). The molecule has 0 fully saturated rings. The van der Waals surface area contributed by atoms with Crippen LogP contribution in [0.5, 0.6) is 5.75 Å². The van der Waals surface area contributed by atoms with E-state index in [9.17, 15) is 13.2 Å². The van der Waals surface area contributed by atoms with E-state index in [-0.39, 0.29) is 15.4 Å². The van der Waals surface area contributed by atoms with Gasteiger partial charge in [-0.1, -0.05) is 51.2 Å². The third kappa shape index (κ3) is 5.27. The maximum atomic E-state index is 12.7. The number of aromatic nitrogens is 2. The number of aryl methyl sites for hydroxylation is 1. The largest absolute Gasteiger partial charge is 0.496 e. The quantitative estimate of drug-likeness (QED) is 0.658. The molecule has 0 saturated heterocycles. The molecule has 10 heteroatoms. The Balaban J connectivity index is 2.20. The van der Waals surface area contributed by atoms with Gasteiger partial charge < -0.3 is 10.1 Å². The zero-order valence-electron chi connectivity index (χ0n) is 16.9. The lowest BCUT2D eigenvalue weighted by molar-refractivity contribution is -0.123. The molecule has 0 aliphatic rings. The molecule has 0 aliphatic carbocycles. The molecule has 154 valence electrons. The molecule has 8 nitrogen and oxygen atoms in total. The number of hydrogen-bond acceptors (Lipinski definition) is 7. The van der Waals surface area contributed by atoms with Gasteiger partial charge in [0.25, 0.3) is 10.0 Å². The van der Waals surface area contributed by atoms with Crippen LogP contribution in [0.1, 0.15) is 51.3 Å². The number of ether oxygens (including phenoxy) is 1. The van der Waals surface area contributed by atoms with Crippen molar-refractivity contribution in [1.29, 1.82) is 0 Å². The van der Waals surface area contributed by atoms with Crippen LogP contribution in [0.15, 0.2) is 22.5 Å². The molecular weight excluding hydrogens is 400 g/mol. The molecule has 0 unspecified atom stereocenters. The number of nitrogens with zero attached hydrogens (tertiary/aromatic N) is 2. The average molecular weight is 427 g/mol. The summed E-state index contributed by atoms with van der Waals surface area (Å²) in [7, 11) is -2.30. The molecule has 0 bridgehead atoms. The molecule has 1 heterocycles. The molecule has 1 amide bonds. The number of sulfonamides is 1. The van der Waals surface area contributed by atoms with Crippen molar-refractivity contribution in [3.8, 4) is 5.75 Å². The highest BCUT2D eigenvalue weighted by atomic mass is 32.2. The lowest BCUT2D eigenvalue weighted by Crippen LogP contribution is -2.28. The lowest BCUT2D eigenvalue weighted by atomic mass is 9.96. The molecule has 1 aromatic heterocycles. The summed E-state index contributed by atoms with van der Waals surface area (Å²) in [6.07, 6.45) is 0.553. The Bertz CT molecular complexity index is 949. The Morgan fingerprint density at radius 2 is 1.96 bits per heavy atom. The topological polar surface area (TPSA) is 110 Å². The number of carbonyl (C=O) groups excluding carboxylic acids is 1. The summed E-state index contributed by atoms with van der Waals surface area (Å²) in [5, 5.41) is 10.3. The van der Waals surface area contributed by atoms with Crippen molar-refractivity contribution >= 4 is 32.4 Å². The first-order valence-corrected chi connectivity index (χ1v) is 11.1. The fourth-order valence-electron chi connectivity index (χ4n) is 2.40. The second kappa shape index (κ2) is 8.54. The Hall–Kier alpha value is -2.04. The number of rotatable bonds is 7. The van der Waals surface area contributed by atoms with Crippen LogP contribution >= 0.6 is 11.3 Å². The Labute approximate surface area is 169 Å². The van der Waals surface area contributed by atoms with Crippen molar-refractivity contribution in [3.63, 3.8) is 0 Å². The lowest BCUT2D eigenvalue weighted by Gasteiger charge is -2.18. The number of anilines is 1. The van der Waals surface area contributed by atoms with E-state index in [1.54, 1.807) is 27.9 Å². The minimum Gasteiger partial charge on any atom is -0.496 e. The third-order valence-corrected chi connectivity index (χ3v) is 6.74. The average Bonchev–Trinajstić information content (AvgIpc) is 3.08. The minimum absolute atomic E-state index is 0.147. The second-order valence-corrected chi connectivity index (χ2v) is 10.3. The zero-order valence-corrected chi connectivity index (χ0v) is 18.5. The summed E-state index contributed by atoms with van der Waals surface area (Å²) in [6, 6.07) is 5.11. The summed E-state index contributed by atoms with van der Waals surface area (Å²) in [5.41, 5.74) is 1.12. The van der Waals surface area contributed by atoms with Crippen molar-refractivity contribution in [2.45, 2.75) is 51.4 Å². The predicted octanol–water partition coefficient (Wildman–Crippen LogP) is 3.27. The fraction of sp³-hybridized carbons (Fsp3) is 0.500. The zero-order chi connectivity index (χ0) is 21.1. The van der Waals surface area contributed by atoms with Gasteiger partial charge in [-0.2, -0.15) is 0 Å². The van der Waals surface area contributed by atoms with Gasteiger partial charge in [-0.05, 0) is 30.5 Å². The standard InChI is InChI=1S/C18H26N4O4S2/c1-7-13(12-8-9-14(26-6)11(2)10-12)22-28(24,25)17-21-20-16(27-17)19-15(23)18(3,4)5/h8-10,13,22H,7H2,1-6H3,(H,19,20,23)/t13-/m0/s1. The molecule has 1 atom stereocenters. The number of nitrogens with one attached hydrogen (secondary N) is 2. The highest BCUT2D eigenvalue weighted by Gasteiger charge is 2.27. The smallest absolute Gasteiger partial charge is 0.270 e. The van der Waals surface area contributed by atoms with Gasteiger partial charge in [0.1, 0.15) is 5.75 Å². The van der Waals surface area contributed by atoms with Gasteiger partial charge in [0.15, 0.2) is 0 Å². The second-order valence-electron chi connectivity index (χ2n) is 7.39. The van der Waals surface area contributed by atoms with E-state index in [0.717, 1.165) is 28.2 Å². The van der Waals surface area contributed by atoms with E-state index in [2.05, 4.69) is 20.2 Å². The Morgan fingerprint density at radius 3 is 2.50 bits per heavy atom. The van der Waals surface area contributed by atoms with Gasteiger partial charge in [0.05, 0.1) is 7.11 Å². The SMILES string of the molecule is CC[C@H](NS(=O)(=O)c1nnc(NC(=O)C(C)(C)C)s1)c1ccc(OC)c(C)c1. The summed E-state index contributed by atoms with van der Waals surface area (Å²) < 4.78 is 33.2. The van der Waals surface area contributed by atoms with Crippen molar-refractivity contribution in [2.75, 3.05) is 12.4 Å². The van der Waals surface area contributed by atoms with Crippen molar-refractivity contribution < 1.29 is 17.9 Å². The van der Waals surface area contributed by atoms with Crippen molar-refractivity contribution in [2.24, 2.45) is 5.41 Å². The Kier molecular flexibility index (Phi) is 6.79. The molecular formula is C18H26N4O4S2. The van der Waals surface area contributed by atoms with E-state index in [1.165, 1.54) is 0 Å². The first kappa shape index (κ1) is 22.3. The molecule has 2 N–H and O–H groups in total. The summed E-state index contributed by atoms with van der Waals surface area (Å²) >= 11 is 0.817. The van der Waals surface area contributed by atoms with Crippen molar-refractivity contribution in [1.82, 2.24) is 14.9 Å². The van der Waals surface area contributed by atoms with Gasteiger partial charge in [-0.15, -0.1) is 10.2 Å². The monoisotopic (exact) mass is 426 g/mol. The Morgan fingerprint density at radius 1 is 1.29 bits per heavy atom. The third-order valence-electron chi connectivity index (χ3n) is 4.06.